The Bertz CT molecular complexity index is 1660. The molecular formula is C28H21FNO4+. The highest BCUT2D eigenvalue weighted by Gasteiger charge is 2.34. The molecule has 0 saturated carbocycles. The van der Waals surface area contributed by atoms with Gasteiger partial charge in [-0.3, -0.25) is 0 Å². The van der Waals surface area contributed by atoms with Crippen molar-refractivity contribution in [3.63, 3.8) is 0 Å². The summed E-state index contributed by atoms with van der Waals surface area (Å²) in [4.78, 5) is 0. The fourth-order valence-electron chi connectivity index (χ4n) is 5.63. The summed E-state index contributed by atoms with van der Waals surface area (Å²) in [5.41, 5.74) is 4.28. The van der Waals surface area contributed by atoms with Crippen molar-refractivity contribution in [3.8, 4) is 34.3 Å². The Morgan fingerprint density at radius 2 is 1.65 bits per heavy atom. The molecular weight excluding hydrogens is 433 g/mol. The maximum atomic E-state index is 13.9. The van der Waals surface area contributed by atoms with Gasteiger partial charge in [-0.05, 0) is 60.2 Å². The van der Waals surface area contributed by atoms with Crippen LogP contribution in [0.4, 0.5) is 4.39 Å². The van der Waals surface area contributed by atoms with Crippen LogP contribution in [0, 0.1) is 5.82 Å². The molecule has 1 aromatic heterocycles. The van der Waals surface area contributed by atoms with Gasteiger partial charge in [0.1, 0.15) is 11.2 Å². The monoisotopic (exact) mass is 454 g/mol. The van der Waals surface area contributed by atoms with E-state index in [-0.39, 0.29) is 12.6 Å². The summed E-state index contributed by atoms with van der Waals surface area (Å²) in [7, 11) is 3.30. The Labute approximate surface area is 194 Å². The summed E-state index contributed by atoms with van der Waals surface area (Å²) in [6, 6.07) is 17.1. The van der Waals surface area contributed by atoms with Crippen LogP contribution in [0.1, 0.15) is 5.56 Å². The molecule has 2 aliphatic rings. The second kappa shape index (κ2) is 6.97. The number of aromatic nitrogens is 1. The maximum Gasteiger partial charge on any atom is 0.231 e. The van der Waals surface area contributed by atoms with Gasteiger partial charge in [-0.1, -0.05) is 0 Å². The number of halogens is 1. The number of aryl methyl sites for hydroxylation is 2. The second-order valence-electron chi connectivity index (χ2n) is 8.63. The number of hydrogen-bond donors (Lipinski definition) is 0. The number of pyridine rings is 1. The van der Waals surface area contributed by atoms with Crippen molar-refractivity contribution in [1.82, 2.24) is 0 Å². The molecule has 0 atom stereocenters. The molecule has 3 heterocycles. The largest absolute Gasteiger partial charge is 0.493 e. The van der Waals surface area contributed by atoms with Crippen LogP contribution in [0.25, 0.3) is 43.7 Å². The average Bonchev–Trinajstić information content (AvgIpc) is 3.35. The first-order valence-corrected chi connectivity index (χ1v) is 11.2. The van der Waals surface area contributed by atoms with Crippen LogP contribution in [0.3, 0.4) is 0 Å². The second-order valence-corrected chi connectivity index (χ2v) is 8.63. The van der Waals surface area contributed by atoms with Crippen LogP contribution in [-0.4, -0.2) is 21.0 Å². The Morgan fingerprint density at radius 1 is 0.853 bits per heavy atom. The van der Waals surface area contributed by atoms with Crippen LogP contribution < -0.4 is 23.5 Å². The van der Waals surface area contributed by atoms with Crippen LogP contribution in [-0.2, 0) is 13.0 Å². The van der Waals surface area contributed by atoms with Gasteiger partial charge < -0.3 is 18.9 Å². The summed E-state index contributed by atoms with van der Waals surface area (Å²) in [6.45, 7) is 1.01. The molecule has 0 aliphatic carbocycles. The van der Waals surface area contributed by atoms with Crippen LogP contribution >= 0.6 is 0 Å². The Morgan fingerprint density at radius 3 is 2.44 bits per heavy atom. The first-order valence-electron chi connectivity index (χ1n) is 11.2. The minimum atomic E-state index is -0.266. The van der Waals surface area contributed by atoms with Crippen molar-refractivity contribution in [1.29, 1.82) is 0 Å². The highest BCUT2D eigenvalue weighted by Crippen LogP contribution is 2.48. The summed E-state index contributed by atoms with van der Waals surface area (Å²) >= 11 is 0. The van der Waals surface area contributed by atoms with Gasteiger partial charge in [-0.25, -0.2) is 4.39 Å². The SMILES string of the molecule is COc1ccc2c(c1OC)c(-c1ccc(F)cc1)[n+]1c3c2ccc2c4c(cc(c23)CC1)OCO4. The molecule has 0 radical (unpaired) electrons. The fraction of sp³-hybridized carbons (Fsp3) is 0.179. The highest BCUT2D eigenvalue weighted by atomic mass is 19.1. The zero-order chi connectivity index (χ0) is 23.0. The number of benzene rings is 4. The van der Waals surface area contributed by atoms with E-state index in [1.807, 2.05) is 18.2 Å². The van der Waals surface area contributed by atoms with E-state index in [0.717, 1.165) is 62.8 Å². The number of hydrogen-bond acceptors (Lipinski definition) is 4. The van der Waals surface area contributed by atoms with Gasteiger partial charge in [0, 0.05) is 22.8 Å². The molecule has 34 heavy (non-hydrogen) atoms. The van der Waals surface area contributed by atoms with E-state index in [2.05, 4.69) is 28.8 Å². The lowest BCUT2D eigenvalue weighted by Crippen LogP contribution is -2.41. The summed E-state index contributed by atoms with van der Waals surface area (Å²) in [5, 5.41) is 5.35. The van der Waals surface area contributed by atoms with E-state index in [1.54, 1.807) is 14.2 Å². The average molecular weight is 454 g/mol. The van der Waals surface area contributed by atoms with Gasteiger partial charge in [0.05, 0.1) is 25.0 Å². The topological polar surface area (TPSA) is 40.8 Å². The van der Waals surface area contributed by atoms with Crippen molar-refractivity contribution >= 4 is 32.4 Å². The molecule has 0 fully saturated rings. The van der Waals surface area contributed by atoms with Gasteiger partial charge in [0.2, 0.25) is 18.0 Å². The number of nitrogens with zero attached hydrogens (tertiary/aromatic N) is 1. The molecule has 0 saturated heterocycles. The molecule has 0 bridgehead atoms. The third-order valence-corrected chi connectivity index (χ3v) is 7.03. The fourth-order valence-corrected chi connectivity index (χ4v) is 5.63. The number of methoxy groups -OCH3 is 2. The smallest absolute Gasteiger partial charge is 0.231 e. The third kappa shape index (κ3) is 2.45. The van der Waals surface area contributed by atoms with E-state index in [1.165, 1.54) is 23.1 Å². The van der Waals surface area contributed by atoms with Gasteiger partial charge in [0.25, 0.3) is 0 Å². The Balaban J connectivity index is 1.74. The van der Waals surface area contributed by atoms with E-state index < -0.39 is 0 Å². The summed E-state index contributed by atoms with van der Waals surface area (Å²) < 4.78 is 39.3. The van der Waals surface area contributed by atoms with Crippen molar-refractivity contribution in [2.75, 3.05) is 21.0 Å². The van der Waals surface area contributed by atoms with Crippen LogP contribution in [0.5, 0.6) is 23.0 Å². The lowest BCUT2D eigenvalue weighted by molar-refractivity contribution is -0.659. The first-order chi connectivity index (χ1) is 16.7. The Kier molecular flexibility index (Phi) is 3.98. The molecule has 168 valence electrons. The molecule has 7 rings (SSSR count). The van der Waals surface area contributed by atoms with E-state index in [0.29, 0.717) is 11.5 Å². The lowest BCUT2D eigenvalue weighted by atomic mass is 9.90. The molecule has 0 spiro atoms. The zero-order valence-electron chi connectivity index (χ0n) is 18.8. The lowest BCUT2D eigenvalue weighted by Gasteiger charge is -2.21. The van der Waals surface area contributed by atoms with E-state index in [9.17, 15) is 4.39 Å². The molecule has 0 unspecified atom stereocenters. The molecule has 5 nitrogen and oxygen atoms in total. The molecule has 4 aromatic carbocycles. The minimum Gasteiger partial charge on any atom is -0.493 e. The van der Waals surface area contributed by atoms with E-state index in [4.69, 9.17) is 18.9 Å². The maximum absolute atomic E-state index is 13.9. The predicted molar refractivity (Wildman–Crippen MR) is 127 cm³/mol. The van der Waals surface area contributed by atoms with Gasteiger partial charge in [-0.15, -0.1) is 0 Å². The van der Waals surface area contributed by atoms with Crippen LogP contribution in [0.2, 0.25) is 0 Å². The molecule has 0 N–H and O–H groups in total. The normalized spacial score (nSPS) is 13.9. The summed E-state index contributed by atoms with van der Waals surface area (Å²) in [6.07, 6.45) is 0.843. The van der Waals surface area contributed by atoms with Crippen molar-refractivity contribution < 1.29 is 27.9 Å². The summed E-state index contributed by atoms with van der Waals surface area (Å²) in [5.74, 6) is 2.66. The predicted octanol–water partition coefficient (Wildman–Crippen LogP) is 5.54. The quantitative estimate of drug-likeness (QED) is 0.265. The van der Waals surface area contributed by atoms with E-state index >= 15 is 0 Å². The van der Waals surface area contributed by atoms with Gasteiger partial charge in [-0.2, -0.15) is 4.57 Å². The zero-order valence-corrected chi connectivity index (χ0v) is 18.8. The van der Waals surface area contributed by atoms with Gasteiger partial charge in [0.15, 0.2) is 29.5 Å². The van der Waals surface area contributed by atoms with Crippen LogP contribution in [0.15, 0.2) is 54.6 Å². The first kappa shape index (κ1) is 19.4. The highest BCUT2D eigenvalue weighted by molar-refractivity contribution is 6.19. The number of ether oxygens (including phenoxy) is 4. The number of fused-ring (bicyclic) bond motifs is 4. The Hall–Kier alpha value is -4.06. The van der Waals surface area contributed by atoms with Gasteiger partial charge >= 0.3 is 0 Å². The standard InChI is InChI=1S/C28H21FNO4/c1-31-21-10-9-18-19-7-8-20-23-16(13-22-27(20)34-14-33-22)11-12-30(26(19)23)25(24(18)28(21)32-2)15-3-5-17(29)6-4-15/h3-10,13H,11-12,14H2,1-2H3/q+1. The van der Waals surface area contributed by atoms with Crippen molar-refractivity contribution in [2.45, 2.75) is 13.0 Å². The molecule has 2 aliphatic heterocycles. The van der Waals surface area contributed by atoms with Crippen molar-refractivity contribution in [3.05, 3.63) is 66.0 Å². The molecule has 6 heteroatoms. The third-order valence-electron chi connectivity index (χ3n) is 7.03. The minimum absolute atomic E-state index is 0.238. The van der Waals surface area contributed by atoms with Crippen molar-refractivity contribution in [2.24, 2.45) is 0 Å². The molecule has 5 aromatic rings. The molecule has 0 amide bonds. The number of rotatable bonds is 3.